The molecule has 0 spiro atoms. The monoisotopic (exact) mass is 223 g/mol. The van der Waals surface area contributed by atoms with E-state index in [1.165, 1.54) is 17.8 Å². The fourth-order valence-corrected chi connectivity index (χ4v) is 1.97. The standard InChI is InChI=1S/C13H25N3/c1-5-9-14-12(7-3)13-10-11(6-2)15-16(13)8-4/h10,12,14H,5-9H2,1-4H3. The van der Waals surface area contributed by atoms with Gasteiger partial charge in [-0.05, 0) is 38.8 Å². The SMILES string of the molecule is CCCNC(CC)c1cc(CC)nn1CC. The van der Waals surface area contributed by atoms with Crippen molar-refractivity contribution in [2.24, 2.45) is 0 Å². The van der Waals surface area contributed by atoms with Crippen LogP contribution in [0.2, 0.25) is 0 Å². The number of hydrogen-bond acceptors (Lipinski definition) is 2. The summed E-state index contributed by atoms with van der Waals surface area (Å²) in [5.41, 5.74) is 2.55. The van der Waals surface area contributed by atoms with Crippen LogP contribution in [-0.2, 0) is 13.0 Å². The second-order valence-corrected chi connectivity index (χ2v) is 4.14. The molecule has 0 aliphatic carbocycles. The number of rotatable bonds is 7. The van der Waals surface area contributed by atoms with Crippen LogP contribution >= 0.6 is 0 Å². The molecule has 0 aliphatic rings. The van der Waals surface area contributed by atoms with Gasteiger partial charge < -0.3 is 5.32 Å². The van der Waals surface area contributed by atoms with E-state index in [0.29, 0.717) is 6.04 Å². The summed E-state index contributed by atoms with van der Waals surface area (Å²) in [6, 6.07) is 2.70. The van der Waals surface area contributed by atoms with Crippen molar-refractivity contribution in [3.8, 4) is 0 Å². The van der Waals surface area contributed by atoms with E-state index < -0.39 is 0 Å². The molecule has 1 rings (SSSR count). The maximum atomic E-state index is 4.60. The molecule has 0 aromatic carbocycles. The van der Waals surface area contributed by atoms with Crippen LogP contribution in [0, 0.1) is 0 Å². The molecule has 1 heterocycles. The highest BCUT2D eigenvalue weighted by atomic mass is 15.3. The molecule has 0 saturated carbocycles. The predicted molar refractivity (Wildman–Crippen MR) is 68.6 cm³/mol. The molecule has 0 saturated heterocycles. The lowest BCUT2D eigenvalue weighted by Crippen LogP contribution is -2.24. The molecular weight excluding hydrogens is 198 g/mol. The third-order valence-electron chi connectivity index (χ3n) is 2.93. The molecule has 1 N–H and O–H groups in total. The van der Waals surface area contributed by atoms with Gasteiger partial charge in [0.25, 0.3) is 0 Å². The van der Waals surface area contributed by atoms with Gasteiger partial charge in [-0.3, -0.25) is 4.68 Å². The van der Waals surface area contributed by atoms with E-state index in [1.54, 1.807) is 0 Å². The van der Waals surface area contributed by atoms with Gasteiger partial charge in [-0.1, -0.05) is 20.8 Å². The molecule has 0 aliphatic heterocycles. The quantitative estimate of drug-likeness (QED) is 0.770. The normalized spacial score (nSPS) is 13.0. The van der Waals surface area contributed by atoms with Crippen molar-refractivity contribution in [2.45, 2.75) is 59.5 Å². The summed E-state index contributed by atoms with van der Waals surface area (Å²) in [5.74, 6) is 0. The molecule has 1 atom stereocenters. The number of hydrogen-bond donors (Lipinski definition) is 1. The van der Waals surface area contributed by atoms with Crippen LogP contribution < -0.4 is 5.32 Å². The van der Waals surface area contributed by atoms with Gasteiger partial charge in [0.05, 0.1) is 11.4 Å². The third kappa shape index (κ3) is 3.08. The molecule has 3 heteroatoms. The van der Waals surface area contributed by atoms with Gasteiger partial charge in [-0.25, -0.2) is 0 Å². The number of nitrogens with one attached hydrogen (secondary N) is 1. The van der Waals surface area contributed by atoms with Crippen LogP contribution in [0.4, 0.5) is 0 Å². The first-order chi connectivity index (χ1) is 7.76. The van der Waals surface area contributed by atoms with E-state index in [9.17, 15) is 0 Å². The Balaban J connectivity index is 2.84. The Labute approximate surface area is 99.2 Å². The van der Waals surface area contributed by atoms with Gasteiger partial charge in [0.15, 0.2) is 0 Å². The highest BCUT2D eigenvalue weighted by molar-refractivity contribution is 5.14. The van der Waals surface area contributed by atoms with Crippen molar-refractivity contribution in [3.05, 3.63) is 17.5 Å². The fourth-order valence-electron chi connectivity index (χ4n) is 1.97. The van der Waals surface area contributed by atoms with Gasteiger partial charge in [-0.15, -0.1) is 0 Å². The Kier molecular flexibility index (Phi) is 5.53. The van der Waals surface area contributed by atoms with Crippen LogP contribution in [0.5, 0.6) is 0 Å². The largest absolute Gasteiger partial charge is 0.309 e. The lowest BCUT2D eigenvalue weighted by Gasteiger charge is -2.17. The second kappa shape index (κ2) is 6.69. The Hall–Kier alpha value is -0.830. The maximum absolute atomic E-state index is 4.60. The smallest absolute Gasteiger partial charge is 0.0625 e. The van der Waals surface area contributed by atoms with Crippen molar-refractivity contribution >= 4 is 0 Å². The zero-order valence-electron chi connectivity index (χ0n) is 11.1. The lowest BCUT2D eigenvalue weighted by molar-refractivity contribution is 0.470. The van der Waals surface area contributed by atoms with Crippen LogP contribution in [0.3, 0.4) is 0 Å². The van der Waals surface area contributed by atoms with E-state index in [0.717, 1.165) is 25.9 Å². The van der Waals surface area contributed by atoms with Crippen molar-refractivity contribution in [1.29, 1.82) is 0 Å². The minimum absolute atomic E-state index is 0.452. The first-order valence-electron chi connectivity index (χ1n) is 6.56. The molecule has 16 heavy (non-hydrogen) atoms. The zero-order chi connectivity index (χ0) is 12.0. The summed E-state index contributed by atoms with van der Waals surface area (Å²) in [6.07, 6.45) is 3.32. The summed E-state index contributed by atoms with van der Waals surface area (Å²) in [5, 5.41) is 8.19. The maximum Gasteiger partial charge on any atom is 0.0625 e. The highest BCUT2D eigenvalue weighted by Gasteiger charge is 2.14. The van der Waals surface area contributed by atoms with E-state index in [4.69, 9.17) is 0 Å². The van der Waals surface area contributed by atoms with E-state index in [-0.39, 0.29) is 0 Å². The van der Waals surface area contributed by atoms with Gasteiger partial charge in [-0.2, -0.15) is 5.10 Å². The number of aromatic nitrogens is 2. The molecule has 1 aromatic heterocycles. The van der Waals surface area contributed by atoms with E-state index >= 15 is 0 Å². The van der Waals surface area contributed by atoms with Crippen molar-refractivity contribution in [2.75, 3.05) is 6.54 Å². The van der Waals surface area contributed by atoms with Crippen LogP contribution in [0.15, 0.2) is 6.07 Å². The summed E-state index contributed by atoms with van der Waals surface area (Å²) >= 11 is 0. The van der Waals surface area contributed by atoms with Crippen molar-refractivity contribution in [1.82, 2.24) is 15.1 Å². The molecule has 1 aromatic rings. The second-order valence-electron chi connectivity index (χ2n) is 4.14. The molecule has 0 fully saturated rings. The molecule has 0 amide bonds. The Morgan fingerprint density at radius 2 is 2.06 bits per heavy atom. The van der Waals surface area contributed by atoms with Gasteiger partial charge in [0, 0.05) is 12.6 Å². The fraction of sp³-hybridized carbons (Fsp3) is 0.769. The Morgan fingerprint density at radius 3 is 2.56 bits per heavy atom. The summed E-state index contributed by atoms with van der Waals surface area (Å²) < 4.78 is 2.13. The molecule has 0 radical (unpaired) electrons. The average Bonchev–Trinajstić information content (AvgIpc) is 2.73. The van der Waals surface area contributed by atoms with Crippen LogP contribution in [-0.4, -0.2) is 16.3 Å². The third-order valence-corrected chi connectivity index (χ3v) is 2.93. The predicted octanol–water partition coefficient (Wildman–Crippen LogP) is 2.92. The average molecular weight is 223 g/mol. The summed E-state index contributed by atoms with van der Waals surface area (Å²) in [6.45, 7) is 10.8. The Morgan fingerprint density at radius 1 is 1.31 bits per heavy atom. The highest BCUT2D eigenvalue weighted by Crippen LogP contribution is 2.18. The topological polar surface area (TPSA) is 29.9 Å². The van der Waals surface area contributed by atoms with Crippen molar-refractivity contribution < 1.29 is 0 Å². The lowest BCUT2D eigenvalue weighted by atomic mass is 10.1. The van der Waals surface area contributed by atoms with Crippen LogP contribution in [0.25, 0.3) is 0 Å². The molecule has 92 valence electrons. The summed E-state index contributed by atoms with van der Waals surface area (Å²) in [4.78, 5) is 0. The zero-order valence-corrected chi connectivity index (χ0v) is 11.1. The first kappa shape index (κ1) is 13.2. The Bertz CT molecular complexity index is 304. The molecule has 1 unspecified atom stereocenters. The van der Waals surface area contributed by atoms with Gasteiger partial charge in [0.2, 0.25) is 0 Å². The number of nitrogens with zero attached hydrogens (tertiary/aromatic N) is 2. The van der Waals surface area contributed by atoms with Gasteiger partial charge >= 0.3 is 0 Å². The van der Waals surface area contributed by atoms with Crippen LogP contribution in [0.1, 0.15) is 58.0 Å². The first-order valence-corrected chi connectivity index (χ1v) is 6.56. The van der Waals surface area contributed by atoms with Crippen molar-refractivity contribution in [3.63, 3.8) is 0 Å². The van der Waals surface area contributed by atoms with E-state index in [2.05, 4.69) is 48.9 Å². The molecule has 3 nitrogen and oxygen atoms in total. The molecule has 0 bridgehead atoms. The molecular formula is C13H25N3. The number of aryl methyl sites for hydroxylation is 2. The van der Waals surface area contributed by atoms with Gasteiger partial charge in [0.1, 0.15) is 0 Å². The van der Waals surface area contributed by atoms with E-state index in [1.807, 2.05) is 0 Å². The minimum Gasteiger partial charge on any atom is -0.309 e. The summed E-state index contributed by atoms with van der Waals surface area (Å²) in [7, 11) is 0. The minimum atomic E-state index is 0.452.